The van der Waals surface area contributed by atoms with Crippen molar-refractivity contribution in [3.8, 4) is 0 Å². The second-order valence-electron chi connectivity index (χ2n) is 7.52. The predicted octanol–water partition coefficient (Wildman–Crippen LogP) is 2.58. The van der Waals surface area contributed by atoms with E-state index in [0.29, 0.717) is 24.9 Å². The van der Waals surface area contributed by atoms with Gasteiger partial charge >= 0.3 is 6.03 Å². The smallest absolute Gasteiger partial charge is 0.314 e. The minimum absolute atomic E-state index is 0.120. The largest absolute Gasteiger partial charge is 0.338 e. The molecule has 0 spiro atoms. The number of nitrogens with zero attached hydrogens (tertiary/aromatic N) is 4. The van der Waals surface area contributed by atoms with Crippen LogP contribution in [0.3, 0.4) is 0 Å². The lowest BCUT2D eigenvalue weighted by Crippen LogP contribution is -2.40. The number of rotatable bonds is 8. The van der Waals surface area contributed by atoms with Crippen molar-refractivity contribution in [3.05, 3.63) is 34.9 Å². The minimum atomic E-state index is -0.120. The fraction of sp³-hybridized carbons (Fsp3) is 0.632. The Morgan fingerprint density at radius 3 is 1.58 bits per heavy atom. The molecule has 7 heteroatoms. The number of urea groups is 1. The van der Waals surface area contributed by atoms with Crippen LogP contribution in [0.25, 0.3) is 0 Å². The molecular weight excluding hydrogens is 328 g/mol. The zero-order valence-electron chi connectivity index (χ0n) is 16.8. The van der Waals surface area contributed by atoms with Crippen LogP contribution in [0, 0.1) is 39.5 Å². The van der Waals surface area contributed by atoms with Crippen molar-refractivity contribution in [2.45, 2.75) is 54.6 Å². The average Bonchev–Trinajstić information content (AvgIpc) is 3.03. The average molecular weight is 361 g/mol. The van der Waals surface area contributed by atoms with Crippen molar-refractivity contribution in [1.82, 2.24) is 30.2 Å². The van der Waals surface area contributed by atoms with E-state index >= 15 is 0 Å². The van der Waals surface area contributed by atoms with Crippen molar-refractivity contribution in [3.63, 3.8) is 0 Å². The van der Waals surface area contributed by atoms with Crippen LogP contribution in [-0.2, 0) is 13.1 Å². The summed E-state index contributed by atoms with van der Waals surface area (Å²) >= 11 is 0. The molecule has 7 nitrogen and oxygen atoms in total. The minimum Gasteiger partial charge on any atom is -0.338 e. The van der Waals surface area contributed by atoms with Gasteiger partial charge in [-0.1, -0.05) is 13.8 Å². The Morgan fingerprint density at radius 2 is 1.27 bits per heavy atom. The van der Waals surface area contributed by atoms with Gasteiger partial charge in [-0.3, -0.25) is 9.36 Å². The Bertz CT molecular complexity index is 672. The van der Waals surface area contributed by atoms with Gasteiger partial charge in [0, 0.05) is 37.6 Å². The molecule has 0 saturated heterocycles. The number of hydrogen-bond acceptors (Lipinski definition) is 3. The number of amides is 2. The van der Waals surface area contributed by atoms with Gasteiger partial charge in [-0.2, -0.15) is 10.2 Å². The lowest BCUT2D eigenvalue weighted by Gasteiger charge is -2.16. The molecule has 0 aromatic carbocycles. The maximum Gasteiger partial charge on any atom is 0.314 e. The highest BCUT2D eigenvalue weighted by atomic mass is 16.2. The molecule has 0 radical (unpaired) electrons. The molecule has 2 atom stereocenters. The van der Waals surface area contributed by atoms with Crippen LogP contribution >= 0.6 is 0 Å². The molecule has 144 valence electrons. The van der Waals surface area contributed by atoms with Crippen LogP contribution in [0.5, 0.6) is 0 Å². The Labute approximate surface area is 156 Å². The van der Waals surface area contributed by atoms with Gasteiger partial charge < -0.3 is 10.6 Å². The summed E-state index contributed by atoms with van der Waals surface area (Å²) < 4.78 is 3.99. The van der Waals surface area contributed by atoms with E-state index < -0.39 is 0 Å². The van der Waals surface area contributed by atoms with Gasteiger partial charge in [0.25, 0.3) is 0 Å². The molecule has 2 rings (SSSR count). The van der Waals surface area contributed by atoms with E-state index in [1.807, 2.05) is 23.2 Å². The Hall–Kier alpha value is -2.31. The molecule has 2 amide bonds. The molecule has 2 heterocycles. The summed E-state index contributed by atoms with van der Waals surface area (Å²) in [6.07, 6.45) is 0. The molecule has 26 heavy (non-hydrogen) atoms. The van der Waals surface area contributed by atoms with Crippen molar-refractivity contribution in [2.75, 3.05) is 13.1 Å². The first-order chi connectivity index (χ1) is 12.2. The maximum absolute atomic E-state index is 12.0. The molecule has 0 fully saturated rings. The van der Waals surface area contributed by atoms with Crippen LogP contribution in [0.4, 0.5) is 4.79 Å². The van der Waals surface area contributed by atoms with Gasteiger partial charge in [-0.25, -0.2) is 4.79 Å². The first kappa shape index (κ1) is 20.0. The van der Waals surface area contributed by atoms with E-state index in [1.165, 1.54) is 0 Å². The number of carbonyl (C=O) groups excluding carboxylic acids is 1. The molecule has 0 aliphatic carbocycles. The first-order valence-electron chi connectivity index (χ1n) is 9.28. The highest BCUT2D eigenvalue weighted by molar-refractivity contribution is 5.73. The molecule has 0 bridgehead atoms. The zero-order valence-corrected chi connectivity index (χ0v) is 16.8. The van der Waals surface area contributed by atoms with Gasteiger partial charge in [-0.15, -0.1) is 0 Å². The molecule has 0 aliphatic heterocycles. The molecule has 0 unspecified atom stereocenters. The molecule has 2 N–H and O–H groups in total. The van der Waals surface area contributed by atoms with E-state index in [0.717, 1.165) is 35.9 Å². The number of aryl methyl sites for hydroxylation is 4. The van der Waals surface area contributed by atoms with E-state index in [4.69, 9.17) is 0 Å². The number of aromatic nitrogens is 4. The fourth-order valence-electron chi connectivity index (χ4n) is 3.04. The first-order valence-corrected chi connectivity index (χ1v) is 9.28. The van der Waals surface area contributed by atoms with Crippen molar-refractivity contribution in [2.24, 2.45) is 11.8 Å². The second kappa shape index (κ2) is 8.87. The third kappa shape index (κ3) is 5.89. The Morgan fingerprint density at radius 1 is 0.885 bits per heavy atom. The third-order valence-electron chi connectivity index (χ3n) is 4.40. The van der Waals surface area contributed by atoms with Crippen molar-refractivity contribution >= 4 is 6.03 Å². The Balaban J connectivity index is 1.68. The summed E-state index contributed by atoms with van der Waals surface area (Å²) in [6, 6.07) is 4.01. The van der Waals surface area contributed by atoms with E-state index in [2.05, 4.69) is 60.7 Å². The number of hydrogen-bond donors (Lipinski definition) is 2. The van der Waals surface area contributed by atoms with E-state index in [9.17, 15) is 4.79 Å². The standard InChI is InChI=1S/C19H32N6O/c1-13(11-24-17(5)7-15(3)22-24)9-20-19(26)21-10-14(2)12-25-18(6)8-16(4)23-25/h7-8,13-14H,9-12H2,1-6H3,(H2,20,21,26)/t13-,14-/m1/s1. The van der Waals surface area contributed by atoms with Gasteiger partial charge in [0.15, 0.2) is 0 Å². The zero-order chi connectivity index (χ0) is 19.3. The predicted molar refractivity (Wildman–Crippen MR) is 103 cm³/mol. The molecule has 2 aromatic rings. The van der Waals surface area contributed by atoms with Gasteiger partial charge in [0.1, 0.15) is 0 Å². The molecule has 0 aliphatic rings. The topological polar surface area (TPSA) is 76.8 Å². The summed E-state index contributed by atoms with van der Waals surface area (Å²) in [6.45, 7) is 15.2. The molecule has 0 saturated carbocycles. The van der Waals surface area contributed by atoms with Crippen molar-refractivity contribution in [1.29, 1.82) is 0 Å². The third-order valence-corrected chi connectivity index (χ3v) is 4.40. The summed E-state index contributed by atoms with van der Waals surface area (Å²) in [5, 5.41) is 14.8. The van der Waals surface area contributed by atoms with Crippen LogP contribution in [-0.4, -0.2) is 38.7 Å². The second-order valence-corrected chi connectivity index (χ2v) is 7.52. The van der Waals surface area contributed by atoms with Crippen LogP contribution < -0.4 is 10.6 Å². The summed E-state index contributed by atoms with van der Waals surface area (Å²) in [5.74, 6) is 0.622. The Kier molecular flexibility index (Phi) is 6.83. The lowest BCUT2D eigenvalue weighted by molar-refractivity contribution is 0.236. The summed E-state index contributed by atoms with van der Waals surface area (Å²) in [5.41, 5.74) is 4.35. The van der Waals surface area contributed by atoms with Gasteiger partial charge in [0.2, 0.25) is 0 Å². The fourth-order valence-corrected chi connectivity index (χ4v) is 3.04. The highest BCUT2D eigenvalue weighted by Crippen LogP contribution is 2.07. The lowest BCUT2D eigenvalue weighted by atomic mass is 10.2. The molecule has 2 aromatic heterocycles. The quantitative estimate of drug-likeness (QED) is 0.760. The number of nitrogens with one attached hydrogen (secondary N) is 2. The SMILES string of the molecule is Cc1cc(C)n(C[C@H](C)CNC(=O)NC[C@@H](C)Cn2nc(C)cc2C)n1. The molecular formula is C19H32N6O. The van der Waals surface area contributed by atoms with Gasteiger partial charge in [-0.05, 0) is 51.7 Å². The van der Waals surface area contributed by atoms with Crippen LogP contribution in [0.1, 0.15) is 36.6 Å². The highest BCUT2D eigenvalue weighted by Gasteiger charge is 2.11. The van der Waals surface area contributed by atoms with Crippen LogP contribution in [0.2, 0.25) is 0 Å². The van der Waals surface area contributed by atoms with Gasteiger partial charge in [0.05, 0.1) is 11.4 Å². The maximum atomic E-state index is 12.0. The summed E-state index contributed by atoms with van der Waals surface area (Å²) in [4.78, 5) is 12.0. The van der Waals surface area contributed by atoms with Crippen molar-refractivity contribution < 1.29 is 4.79 Å². The number of carbonyl (C=O) groups is 1. The summed E-state index contributed by atoms with van der Waals surface area (Å²) in [7, 11) is 0. The van der Waals surface area contributed by atoms with E-state index in [-0.39, 0.29) is 6.03 Å². The van der Waals surface area contributed by atoms with E-state index in [1.54, 1.807) is 0 Å². The monoisotopic (exact) mass is 360 g/mol. The van der Waals surface area contributed by atoms with Crippen LogP contribution in [0.15, 0.2) is 12.1 Å². The normalized spacial score (nSPS) is 13.5.